The number of H-pyrrole nitrogens is 1. The van der Waals surface area contributed by atoms with Gasteiger partial charge in [-0.2, -0.15) is 0 Å². The van der Waals surface area contributed by atoms with Crippen LogP contribution in [0.25, 0.3) is 22.5 Å². The average Bonchev–Trinajstić information content (AvgIpc) is 3.55. The first kappa shape index (κ1) is 26.6. The van der Waals surface area contributed by atoms with Crippen LogP contribution in [-0.2, 0) is 14.8 Å². The molecule has 39 heavy (non-hydrogen) atoms. The third-order valence-corrected chi connectivity index (χ3v) is 8.85. The van der Waals surface area contributed by atoms with Gasteiger partial charge in [0.25, 0.3) is 10.0 Å². The lowest BCUT2D eigenvalue weighted by molar-refractivity contribution is -0.115. The highest BCUT2D eigenvalue weighted by Gasteiger charge is 2.21. The van der Waals surface area contributed by atoms with E-state index in [1.807, 2.05) is 60.7 Å². The van der Waals surface area contributed by atoms with Crippen LogP contribution in [0.1, 0.15) is 11.9 Å². The fourth-order valence-electron chi connectivity index (χ4n) is 3.72. The summed E-state index contributed by atoms with van der Waals surface area (Å²) in [6, 6.07) is 25.8. The molecule has 1 amide bonds. The maximum Gasteiger partial charge on any atom is 0.263 e. The van der Waals surface area contributed by atoms with Gasteiger partial charge in [-0.1, -0.05) is 83.8 Å². The number of amides is 1. The van der Waals surface area contributed by atoms with E-state index in [4.69, 9.17) is 4.98 Å². The van der Waals surface area contributed by atoms with E-state index in [1.165, 1.54) is 23.9 Å². The van der Waals surface area contributed by atoms with Crippen LogP contribution in [-0.4, -0.2) is 39.7 Å². The molecule has 0 saturated carbocycles. The van der Waals surface area contributed by atoms with Crippen molar-refractivity contribution in [2.45, 2.75) is 29.1 Å². The van der Waals surface area contributed by atoms with E-state index >= 15 is 0 Å². The molecule has 1 atom stereocenters. The van der Waals surface area contributed by atoms with Crippen molar-refractivity contribution >= 4 is 49.8 Å². The van der Waals surface area contributed by atoms with Crippen molar-refractivity contribution in [3.63, 3.8) is 0 Å². The summed E-state index contributed by atoms with van der Waals surface area (Å²) < 4.78 is 27.6. The number of thioether (sulfide) groups is 1. The summed E-state index contributed by atoms with van der Waals surface area (Å²) in [4.78, 5) is 21.2. The molecule has 12 heteroatoms. The minimum atomic E-state index is -3.82. The molecule has 198 valence electrons. The van der Waals surface area contributed by atoms with E-state index in [-0.39, 0.29) is 15.9 Å². The molecule has 0 bridgehead atoms. The van der Waals surface area contributed by atoms with Crippen LogP contribution in [0.5, 0.6) is 0 Å². The Morgan fingerprint density at radius 3 is 2.18 bits per heavy atom. The second-order valence-corrected chi connectivity index (χ2v) is 12.7. The smallest absolute Gasteiger partial charge is 0.263 e. The zero-order chi connectivity index (χ0) is 27.4. The minimum Gasteiger partial charge on any atom is -0.332 e. The number of hydrogen-bond donors (Lipinski definition) is 3. The van der Waals surface area contributed by atoms with E-state index in [1.54, 1.807) is 26.0 Å². The van der Waals surface area contributed by atoms with E-state index in [2.05, 4.69) is 25.2 Å². The van der Waals surface area contributed by atoms with Gasteiger partial charge >= 0.3 is 0 Å². The van der Waals surface area contributed by atoms with Gasteiger partial charge in [-0.25, -0.2) is 13.4 Å². The molecule has 5 aromatic rings. The van der Waals surface area contributed by atoms with Crippen molar-refractivity contribution in [3.05, 3.63) is 89.9 Å². The zero-order valence-electron chi connectivity index (χ0n) is 21.0. The van der Waals surface area contributed by atoms with Gasteiger partial charge < -0.3 is 10.3 Å². The lowest BCUT2D eigenvalue weighted by atomic mass is 10.1. The Hall–Kier alpha value is -4.00. The molecule has 9 nitrogen and oxygen atoms in total. The number of sulfonamides is 1. The van der Waals surface area contributed by atoms with Gasteiger partial charge in [-0.3, -0.25) is 9.52 Å². The molecule has 2 aromatic heterocycles. The van der Waals surface area contributed by atoms with Crippen molar-refractivity contribution in [2.75, 3.05) is 10.0 Å². The van der Waals surface area contributed by atoms with Crippen molar-refractivity contribution in [1.29, 1.82) is 0 Å². The predicted octanol–water partition coefficient (Wildman–Crippen LogP) is 5.82. The summed E-state index contributed by atoms with van der Waals surface area (Å²) in [5.41, 5.74) is 4.14. The molecular formula is C27H24N6O3S3. The van der Waals surface area contributed by atoms with Crippen LogP contribution in [0, 0.1) is 6.92 Å². The first-order valence-electron chi connectivity index (χ1n) is 11.9. The number of nitrogens with zero attached hydrogens (tertiary/aromatic N) is 3. The van der Waals surface area contributed by atoms with E-state index < -0.39 is 15.3 Å². The number of aromatic nitrogens is 4. The van der Waals surface area contributed by atoms with Crippen molar-refractivity contribution in [3.8, 4) is 22.5 Å². The topological polar surface area (TPSA) is 130 Å². The summed E-state index contributed by atoms with van der Waals surface area (Å²) in [5.74, 6) is -0.239. The highest BCUT2D eigenvalue weighted by molar-refractivity contribution is 8.00. The van der Waals surface area contributed by atoms with E-state index in [9.17, 15) is 13.2 Å². The highest BCUT2D eigenvalue weighted by atomic mass is 32.2. The number of carbonyl (C=O) groups is 1. The Morgan fingerprint density at radius 2 is 1.56 bits per heavy atom. The minimum absolute atomic E-state index is 0.0493. The van der Waals surface area contributed by atoms with Gasteiger partial charge in [0, 0.05) is 16.8 Å². The largest absolute Gasteiger partial charge is 0.332 e. The number of carbonyl (C=O) groups excluding carboxylic acids is 1. The summed E-state index contributed by atoms with van der Waals surface area (Å²) in [5, 5.41) is 11.4. The van der Waals surface area contributed by atoms with Gasteiger partial charge in [-0.05, 0) is 38.1 Å². The number of nitrogens with one attached hydrogen (secondary N) is 3. The fourth-order valence-corrected chi connectivity index (χ4v) is 6.35. The highest BCUT2D eigenvalue weighted by Crippen LogP contribution is 2.34. The zero-order valence-corrected chi connectivity index (χ0v) is 23.4. The Balaban J connectivity index is 1.28. The van der Waals surface area contributed by atoms with Crippen LogP contribution >= 0.6 is 23.1 Å². The van der Waals surface area contributed by atoms with E-state index in [0.29, 0.717) is 15.9 Å². The maximum atomic E-state index is 13.0. The molecule has 0 fully saturated rings. The summed E-state index contributed by atoms with van der Waals surface area (Å²) in [7, 11) is -3.82. The quantitative estimate of drug-likeness (QED) is 0.188. The van der Waals surface area contributed by atoms with E-state index in [0.717, 1.165) is 33.9 Å². The molecule has 3 aromatic carbocycles. The Kier molecular flexibility index (Phi) is 7.77. The van der Waals surface area contributed by atoms with Gasteiger partial charge in [0.2, 0.25) is 11.0 Å². The third kappa shape index (κ3) is 6.36. The first-order chi connectivity index (χ1) is 18.8. The molecule has 0 radical (unpaired) electrons. The average molecular weight is 577 g/mol. The summed E-state index contributed by atoms with van der Waals surface area (Å²) >= 11 is 2.45. The standard InChI is InChI=1S/C27H24N6O3S3/c1-17(25(34)28-21-13-15-22(16-14-21)39(35,36)33-27-32-31-18(2)38-27)37-26-29-23(19-9-5-3-6-10-19)24(30-26)20-11-7-4-8-12-20/h3-17H,1-2H3,(H,28,34)(H,29,30)(H,32,33). The van der Waals surface area contributed by atoms with Crippen LogP contribution in [0.3, 0.4) is 0 Å². The third-order valence-electron chi connectivity index (χ3n) is 5.63. The first-order valence-corrected chi connectivity index (χ1v) is 15.1. The lowest BCUT2D eigenvalue weighted by Gasteiger charge is -2.11. The van der Waals surface area contributed by atoms with Gasteiger partial charge in [0.05, 0.1) is 21.5 Å². The molecule has 0 aliphatic rings. The van der Waals surface area contributed by atoms with Crippen molar-refractivity contribution in [1.82, 2.24) is 20.2 Å². The number of benzene rings is 3. The van der Waals surface area contributed by atoms with Gasteiger partial charge in [0.1, 0.15) is 5.01 Å². The van der Waals surface area contributed by atoms with Crippen LogP contribution in [0.2, 0.25) is 0 Å². The van der Waals surface area contributed by atoms with Crippen molar-refractivity contribution < 1.29 is 13.2 Å². The number of hydrogen-bond acceptors (Lipinski definition) is 8. The SMILES string of the molecule is Cc1nnc(NS(=O)(=O)c2ccc(NC(=O)C(C)Sc3nc(-c4ccccc4)c(-c4ccccc4)[nH]3)cc2)s1. The molecular weight excluding hydrogens is 553 g/mol. The number of anilines is 2. The van der Waals surface area contributed by atoms with Gasteiger partial charge in [0.15, 0.2) is 5.16 Å². The van der Waals surface area contributed by atoms with Crippen LogP contribution in [0.4, 0.5) is 10.8 Å². The van der Waals surface area contributed by atoms with Crippen LogP contribution < -0.4 is 10.0 Å². The lowest BCUT2D eigenvalue weighted by Crippen LogP contribution is -2.22. The summed E-state index contributed by atoms with van der Waals surface area (Å²) in [6.07, 6.45) is 0. The Bertz CT molecular complexity index is 1630. The van der Waals surface area contributed by atoms with Crippen molar-refractivity contribution in [2.24, 2.45) is 0 Å². The number of aromatic amines is 1. The second kappa shape index (κ2) is 11.4. The normalized spacial score (nSPS) is 12.2. The second-order valence-electron chi connectivity index (χ2n) is 8.50. The van der Waals surface area contributed by atoms with Crippen LogP contribution in [0.15, 0.2) is 95.0 Å². The molecule has 0 aliphatic heterocycles. The molecule has 0 aliphatic carbocycles. The van der Waals surface area contributed by atoms with Gasteiger partial charge in [-0.15, -0.1) is 10.2 Å². The summed E-state index contributed by atoms with van der Waals surface area (Å²) in [6.45, 7) is 3.53. The fraction of sp³-hybridized carbons (Fsp3) is 0.111. The monoisotopic (exact) mass is 576 g/mol. The molecule has 0 saturated heterocycles. The Labute approximate surface area is 234 Å². The molecule has 5 rings (SSSR count). The number of imidazole rings is 1. The number of aryl methyl sites for hydroxylation is 1. The Morgan fingerprint density at radius 1 is 0.923 bits per heavy atom. The number of rotatable bonds is 9. The maximum absolute atomic E-state index is 13.0. The molecule has 0 spiro atoms. The molecule has 1 unspecified atom stereocenters. The molecule has 2 heterocycles. The molecule has 3 N–H and O–H groups in total. The predicted molar refractivity (Wildman–Crippen MR) is 155 cm³/mol.